The van der Waals surface area contributed by atoms with Gasteiger partial charge in [-0.05, 0) is 60.4 Å². The second-order valence-electron chi connectivity index (χ2n) is 10.1. The van der Waals surface area contributed by atoms with E-state index in [0.717, 1.165) is 16.1 Å². The van der Waals surface area contributed by atoms with Gasteiger partial charge in [0.15, 0.2) is 0 Å². The number of nitrogens with zero attached hydrogens (tertiary/aromatic N) is 2. The van der Waals surface area contributed by atoms with E-state index in [-0.39, 0.29) is 18.4 Å². The summed E-state index contributed by atoms with van der Waals surface area (Å²) in [5, 5.41) is 3.51. The Morgan fingerprint density at radius 2 is 1.56 bits per heavy atom. The van der Waals surface area contributed by atoms with Crippen LogP contribution in [0.4, 0.5) is 5.69 Å². The second-order valence-corrected chi connectivity index (χ2v) is 12.8. The van der Waals surface area contributed by atoms with Crippen molar-refractivity contribution in [3.05, 3.63) is 94.0 Å². The molecule has 220 valence electrons. The Kier molecular flexibility index (Phi) is 11.5. The van der Waals surface area contributed by atoms with Crippen LogP contribution in [-0.4, -0.2) is 50.5 Å². The van der Waals surface area contributed by atoms with Crippen molar-refractivity contribution in [1.29, 1.82) is 0 Å². The highest BCUT2D eigenvalue weighted by Gasteiger charge is 2.30. The Labute approximate surface area is 252 Å². The fourth-order valence-electron chi connectivity index (χ4n) is 3.93. The zero-order valence-electron chi connectivity index (χ0n) is 23.5. The molecular weight excluding hydrogens is 585 g/mol. The van der Waals surface area contributed by atoms with Crippen LogP contribution in [0.5, 0.6) is 5.75 Å². The maximum atomic E-state index is 13.7. The van der Waals surface area contributed by atoms with Crippen molar-refractivity contribution in [3.63, 3.8) is 0 Å². The first-order chi connectivity index (χ1) is 19.3. The van der Waals surface area contributed by atoms with Gasteiger partial charge in [0.2, 0.25) is 21.8 Å². The first-order valence-electron chi connectivity index (χ1n) is 13.1. The number of sulfonamides is 1. The van der Waals surface area contributed by atoms with E-state index in [4.69, 9.17) is 27.9 Å². The Balaban J connectivity index is 1.83. The van der Waals surface area contributed by atoms with Crippen LogP contribution in [0.1, 0.15) is 31.9 Å². The van der Waals surface area contributed by atoms with Crippen LogP contribution < -0.4 is 14.4 Å². The van der Waals surface area contributed by atoms with Crippen LogP contribution in [0.15, 0.2) is 72.8 Å². The Bertz CT molecular complexity index is 1430. The number of hydrogen-bond donors (Lipinski definition) is 1. The van der Waals surface area contributed by atoms with Crippen LogP contribution in [-0.2, 0) is 32.8 Å². The molecule has 0 saturated heterocycles. The van der Waals surface area contributed by atoms with Gasteiger partial charge >= 0.3 is 0 Å². The van der Waals surface area contributed by atoms with E-state index in [9.17, 15) is 18.0 Å². The van der Waals surface area contributed by atoms with E-state index in [1.165, 1.54) is 4.90 Å². The molecule has 0 radical (unpaired) electrons. The predicted molar refractivity (Wildman–Crippen MR) is 164 cm³/mol. The van der Waals surface area contributed by atoms with Crippen molar-refractivity contribution < 1.29 is 22.7 Å². The number of anilines is 1. The molecule has 0 spiro atoms. The van der Waals surface area contributed by atoms with Gasteiger partial charge in [-0.3, -0.25) is 13.9 Å². The van der Waals surface area contributed by atoms with E-state index in [1.54, 1.807) is 49.4 Å². The van der Waals surface area contributed by atoms with E-state index in [2.05, 4.69) is 5.32 Å². The van der Waals surface area contributed by atoms with Crippen molar-refractivity contribution in [2.45, 2.75) is 40.0 Å². The molecule has 0 aliphatic carbocycles. The molecule has 8 nitrogen and oxygen atoms in total. The summed E-state index contributed by atoms with van der Waals surface area (Å²) in [5.41, 5.74) is 1.93. The van der Waals surface area contributed by atoms with Crippen LogP contribution in [0.2, 0.25) is 10.0 Å². The van der Waals surface area contributed by atoms with E-state index >= 15 is 0 Å². The number of hydrogen-bond acceptors (Lipinski definition) is 5. The van der Waals surface area contributed by atoms with Gasteiger partial charge in [0, 0.05) is 13.1 Å². The minimum atomic E-state index is -3.86. The van der Waals surface area contributed by atoms with Gasteiger partial charge in [0.05, 0.1) is 22.0 Å². The number of halogens is 2. The molecule has 41 heavy (non-hydrogen) atoms. The van der Waals surface area contributed by atoms with Crippen LogP contribution in [0.3, 0.4) is 0 Å². The van der Waals surface area contributed by atoms with Gasteiger partial charge in [-0.15, -0.1) is 0 Å². The molecule has 1 N–H and O–H groups in total. The van der Waals surface area contributed by atoms with Crippen LogP contribution in [0, 0.1) is 5.92 Å². The molecule has 3 aromatic carbocycles. The smallest absolute Gasteiger partial charge is 0.244 e. The lowest BCUT2D eigenvalue weighted by Gasteiger charge is -2.31. The van der Waals surface area contributed by atoms with Gasteiger partial charge in [0.25, 0.3) is 0 Å². The number of ether oxygens (including phenoxy) is 1. The molecule has 0 bridgehead atoms. The molecule has 0 unspecified atom stereocenters. The molecule has 0 aromatic heterocycles. The fraction of sp³-hybridized carbons (Fsp3) is 0.333. The fourth-order valence-corrected chi connectivity index (χ4v) is 5.10. The van der Waals surface area contributed by atoms with E-state index < -0.39 is 28.5 Å². The summed E-state index contributed by atoms with van der Waals surface area (Å²) in [6, 6.07) is 20.1. The van der Waals surface area contributed by atoms with E-state index in [0.29, 0.717) is 40.2 Å². The minimum absolute atomic E-state index is 0.0237. The molecule has 3 aromatic rings. The molecule has 0 fully saturated rings. The van der Waals surface area contributed by atoms with Gasteiger partial charge in [-0.25, -0.2) is 8.42 Å². The van der Waals surface area contributed by atoms with Crippen LogP contribution >= 0.6 is 23.2 Å². The molecule has 0 aliphatic heterocycles. The van der Waals surface area contributed by atoms with Crippen molar-refractivity contribution >= 4 is 50.7 Å². The zero-order chi connectivity index (χ0) is 30.2. The van der Waals surface area contributed by atoms with Gasteiger partial charge < -0.3 is 15.0 Å². The lowest BCUT2D eigenvalue weighted by atomic mass is 10.1. The molecular formula is C30H35Cl2N3O5S. The van der Waals surface area contributed by atoms with Gasteiger partial charge in [-0.1, -0.05) is 73.4 Å². The van der Waals surface area contributed by atoms with Crippen molar-refractivity contribution in [2.75, 3.05) is 23.7 Å². The highest BCUT2D eigenvalue weighted by Crippen LogP contribution is 2.25. The van der Waals surface area contributed by atoms with E-state index in [1.807, 2.05) is 44.2 Å². The number of nitrogens with one attached hydrogen (secondary N) is 1. The van der Waals surface area contributed by atoms with Crippen molar-refractivity contribution in [1.82, 2.24) is 10.2 Å². The first-order valence-corrected chi connectivity index (χ1v) is 15.7. The number of amides is 2. The third-order valence-corrected chi connectivity index (χ3v) is 8.12. The summed E-state index contributed by atoms with van der Waals surface area (Å²) in [6.45, 7) is 5.84. The highest BCUT2D eigenvalue weighted by atomic mass is 35.5. The van der Waals surface area contributed by atoms with Crippen molar-refractivity contribution in [2.24, 2.45) is 5.92 Å². The zero-order valence-corrected chi connectivity index (χ0v) is 25.8. The highest BCUT2D eigenvalue weighted by molar-refractivity contribution is 7.92. The summed E-state index contributed by atoms with van der Waals surface area (Å²) in [4.78, 5) is 28.0. The largest absolute Gasteiger partial charge is 0.489 e. The quantitative estimate of drug-likeness (QED) is 0.271. The molecule has 1 atom stereocenters. The van der Waals surface area contributed by atoms with Gasteiger partial charge in [-0.2, -0.15) is 0 Å². The molecule has 0 saturated carbocycles. The summed E-state index contributed by atoms with van der Waals surface area (Å²) in [5.74, 6) is -0.143. The Hall–Kier alpha value is -3.27. The maximum Gasteiger partial charge on any atom is 0.244 e. The lowest BCUT2D eigenvalue weighted by Crippen LogP contribution is -2.51. The maximum absolute atomic E-state index is 13.7. The lowest BCUT2D eigenvalue weighted by molar-refractivity contribution is -0.139. The number of benzene rings is 3. The summed E-state index contributed by atoms with van der Waals surface area (Å²) in [6.07, 6.45) is 1.03. The molecule has 11 heteroatoms. The summed E-state index contributed by atoms with van der Waals surface area (Å²) < 4.78 is 32.5. The molecule has 3 rings (SSSR count). The van der Waals surface area contributed by atoms with Crippen molar-refractivity contribution in [3.8, 4) is 5.75 Å². The number of carbonyl (C=O) groups excluding carboxylic acids is 2. The molecule has 0 aliphatic rings. The average Bonchev–Trinajstić information content (AvgIpc) is 2.93. The van der Waals surface area contributed by atoms with Crippen LogP contribution in [0.25, 0.3) is 0 Å². The Morgan fingerprint density at radius 1 is 0.902 bits per heavy atom. The average molecular weight is 621 g/mol. The molecule has 2 amide bonds. The summed E-state index contributed by atoms with van der Waals surface area (Å²) in [7, 11) is -3.86. The topological polar surface area (TPSA) is 96.0 Å². The monoisotopic (exact) mass is 619 g/mol. The standard InChI is InChI=1S/C30H35Cl2N3O5S/c1-21(2)17-33-30(37)22(3)34(18-24-10-15-27(31)28(32)16-24)29(36)19-35(41(4,38)39)25-11-13-26(14-12-25)40-20-23-8-6-5-7-9-23/h5-16,21-22H,17-20H2,1-4H3,(H,33,37)/t22-/m0/s1. The normalized spacial score (nSPS) is 12.1. The van der Waals surface area contributed by atoms with Gasteiger partial charge in [0.1, 0.15) is 24.9 Å². The minimum Gasteiger partial charge on any atom is -0.489 e. The molecule has 0 heterocycles. The number of rotatable bonds is 13. The number of carbonyl (C=O) groups is 2. The SMILES string of the molecule is CC(C)CNC(=O)[C@H](C)N(Cc1ccc(Cl)c(Cl)c1)C(=O)CN(c1ccc(OCc2ccccc2)cc1)S(C)(=O)=O. The third-order valence-electron chi connectivity index (χ3n) is 6.24. The summed E-state index contributed by atoms with van der Waals surface area (Å²) >= 11 is 12.2. The first kappa shape index (κ1) is 32.2. The Morgan fingerprint density at radius 3 is 2.15 bits per heavy atom. The third kappa shape index (κ3) is 9.66. The second kappa shape index (κ2) is 14.6. The predicted octanol–water partition coefficient (Wildman–Crippen LogP) is 5.53.